The lowest BCUT2D eigenvalue weighted by molar-refractivity contribution is -0.149. The van der Waals surface area contributed by atoms with Gasteiger partial charge in [0.25, 0.3) is 0 Å². The first-order valence-corrected chi connectivity index (χ1v) is 6.68. The molecule has 1 aliphatic heterocycles. The average Bonchev–Trinajstić information content (AvgIpc) is 2.34. The molecule has 0 aromatic heterocycles. The summed E-state index contributed by atoms with van der Waals surface area (Å²) in [5, 5.41) is 13.0. The molecule has 4 nitrogen and oxygen atoms in total. The third-order valence-corrected chi connectivity index (χ3v) is 3.47. The van der Waals surface area contributed by atoms with Gasteiger partial charge in [0.2, 0.25) is 0 Å². The summed E-state index contributed by atoms with van der Waals surface area (Å²) in [5.41, 5.74) is -0.850. The molecule has 1 unspecified atom stereocenters. The largest absolute Gasteiger partial charge is 0.487 e. The van der Waals surface area contributed by atoms with E-state index >= 15 is 0 Å². The van der Waals surface area contributed by atoms with Crippen LogP contribution in [0.5, 0.6) is 5.75 Å². The zero-order chi connectivity index (χ0) is 14.1. The highest BCUT2D eigenvalue weighted by molar-refractivity contribution is 5.82. The average molecular weight is 263 g/mol. The number of carboxylic acid groups (broad SMARTS) is 1. The van der Waals surface area contributed by atoms with E-state index in [9.17, 15) is 9.90 Å². The first-order chi connectivity index (χ1) is 8.91. The molecule has 0 spiro atoms. The quantitative estimate of drug-likeness (QED) is 0.876. The minimum absolute atomic E-state index is 0.409. The number of rotatable bonds is 4. The predicted octanol–water partition coefficient (Wildman–Crippen LogP) is 2.53. The Bertz CT molecular complexity index is 484. The molecule has 1 aliphatic rings. The Kier molecular flexibility index (Phi) is 3.54. The summed E-state index contributed by atoms with van der Waals surface area (Å²) < 4.78 is 5.90. The van der Waals surface area contributed by atoms with Crippen molar-refractivity contribution in [3.05, 3.63) is 29.8 Å². The topological polar surface area (TPSA) is 58.6 Å². The Morgan fingerprint density at radius 3 is 2.74 bits per heavy atom. The van der Waals surface area contributed by atoms with E-state index < -0.39 is 17.1 Å². The van der Waals surface area contributed by atoms with Gasteiger partial charge in [0.15, 0.2) is 0 Å². The van der Waals surface area contributed by atoms with Gasteiger partial charge < -0.3 is 9.84 Å². The van der Waals surface area contributed by atoms with Crippen LogP contribution >= 0.6 is 0 Å². The summed E-state index contributed by atoms with van der Waals surface area (Å²) in [6.07, 6.45) is 1.30. The standard InChI is InChI=1S/C15H21NO3/c1-4-9-16-15(13(17)18)10-14(2,3)19-12-8-6-5-7-11(12)15/h5-8,16H,4,9-10H2,1-3H3,(H,17,18). The van der Waals surface area contributed by atoms with Crippen LogP contribution in [0.2, 0.25) is 0 Å². The van der Waals surface area contributed by atoms with Gasteiger partial charge in [0.1, 0.15) is 16.9 Å². The Morgan fingerprint density at radius 2 is 2.11 bits per heavy atom. The van der Waals surface area contributed by atoms with Gasteiger partial charge >= 0.3 is 5.97 Å². The lowest BCUT2D eigenvalue weighted by Gasteiger charge is -2.44. The van der Waals surface area contributed by atoms with E-state index in [1.54, 1.807) is 0 Å². The maximum absolute atomic E-state index is 11.9. The molecule has 4 heteroatoms. The van der Waals surface area contributed by atoms with Crippen molar-refractivity contribution >= 4 is 5.97 Å². The van der Waals surface area contributed by atoms with Crippen LogP contribution in [-0.2, 0) is 10.3 Å². The van der Waals surface area contributed by atoms with Crippen LogP contribution in [-0.4, -0.2) is 23.2 Å². The molecule has 0 fully saturated rings. The van der Waals surface area contributed by atoms with E-state index in [2.05, 4.69) is 5.32 Å². The zero-order valence-electron chi connectivity index (χ0n) is 11.7. The summed E-state index contributed by atoms with van der Waals surface area (Å²) in [6, 6.07) is 7.39. The normalized spacial score (nSPS) is 24.4. The summed E-state index contributed by atoms with van der Waals surface area (Å²) in [6.45, 7) is 6.54. The molecule has 19 heavy (non-hydrogen) atoms. The number of fused-ring (bicyclic) bond motifs is 1. The second-order valence-electron chi connectivity index (χ2n) is 5.67. The number of aliphatic carboxylic acids is 1. The third-order valence-electron chi connectivity index (χ3n) is 3.47. The maximum atomic E-state index is 11.9. The van der Waals surface area contributed by atoms with Crippen LogP contribution in [0.4, 0.5) is 0 Å². The number of carbonyl (C=O) groups is 1. The van der Waals surface area contributed by atoms with Crippen LogP contribution in [0.15, 0.2) is 24.3 Å². The summed E-state index contributed by atoms with van der Waals surface area (Å²) in [4.78, 5) is 11.9. The van der Waals surface area contributed by atoms with Crippen molar-refractivity contribution in [3.63, 3.8) is 0 Å². The Labute approximate surface area is 113 Å². The summed E-state index contributed by atoms with van der Waals surface area (Å²) >= 11 is 0. The van der Waals surface area contributed by atoms with Crippen molar-refractivity contribution in [3.8, 4) is 5.75 Å². The van der Waals surface area contributed by atoms with Crippen molar-refractivity contribution in [2.24, 2.45) is 0 Å². The number of hydrogen-bond acceptors (Lipinski definition) is 3. The van der Waals surface area contributed by atoms with E-state index in [0.29, 0.717) is 18.7 Å². The molecule has 1 heterocycles. The third kappa shape index (κ3) is 2.45. The molecule has 0 radical (unpaired) electrons. The smallest absolute Gasteiger partial charge is 0.328 e. The fourth-order valence-electron chi connectivity index (χ4n) is 2.74. The molecule has 2 N–H and O–H groups in total. The Hall–Kier alpha value is -1.55. The van der Waals surface area contributed by atoms with Crippen LogP contribution in [0.3, 0.4) is 0 Å². The van der Waals surface area contributed by atoms with Gasteiger partial charge in [0.05, 0.1) is 0 Å². The molecule has 1 atom stereocenters. The molecule has 1 aromatic carbocycles. The molecule has 0 amide bonds. The van der Waals surface area contributed by atoms with Gasteiger partial charge in [-0.05, 0) is 32.9 Å². The van der Waals surface area contributed by atoms with Crippen LogP contribution in [0.25, 0.3) is 0 Å². The first kappa shape index (κ1) is 13.9. The fraction of sp³-hybridized carbons (Fsp3) is 0.533. The molecule has 0 saturated heterocycles. The Morgan fingerprint density at radius 1 is 1.42 bits per heavy atom. The van der Waals surface area contributed by atoms with Crippen molar-refractivity contribution in [2.75, 3.05) is 6.54 Å². The van der Waals surface area contributed by atoms with E-state index in [1.807, 2.05) is 45.0 Å². The highest BCUT2D eigenvalue weighted by Gasteiger charge is 2.50. The Balaban J connectivity index is 2.54. The molecule has 104 valence electrons. The van der Waals surface area contributed by atoms with Gasteiger partial charge in [-0.3, -0.25) is 5.32 Å². The van der Waals surface area contributed by atoms with Gasteiger partial charge in [-0.15, -0.1) is 0 Å². The first-order valence-electron chi connectivity index (χ1n) is 6.68. The molecule has 0 saturated carbocycles. The number of para-hydroxylation sites is 1. The number of carboxylic acids is 1. The summed E-state index contributed by atoms with van der Waals surface area (Å²) in [5.74, 6) is -0.186. The van der Waals surface area contributed by atoms with Gasteiger partial charge in [-0.25, -0.2) is 4.79 Å². The highest BCUT2D eigenvalue weighted by Crippen LogP contribution is 2.43. The molecule has 0 bridgehead atoms. The highest BCUT2D eigenvalue weighted by atomic mass is 16.5. The number of hydrogen-bond donors (Lipinski definition) is 2. The second kappa shape index (κ2) is 4.85. The van der Waals surface area contributed by atoms with Crippen LogP contribution in [0.1, 0.15) is 39.2 Å². The van der Waals surface area contributed by atoms with Gasteiger partial charge in [-0.1, -0.05) is 25.1 Å². The van der Waals surface area contributed by atoms with Gasteiger partial charge in [0, 0.05) is 12.0 Å². The minimum atomic E-state index is -1.06. The van der Waals surface area contributed by atoms with Gasteiger partial charge in [-0.2, -0.15) is 0 Å². The monoisotopic (exact) mass is 263 g/mol. The molecule has 2 rings (SSSR count). The number of benzene rings is 1. The number of nitrogens with one attached hydrogen (secondary N) is 1. The SMILES string of the molecule is CCCNC1(C(=O)O)CC(C)(C)Oc2ccccc21. The lowest BCUT2D eigenvalue weighted by atomic mass is 9.77. The van der Waals surface area contributed by atoms with E-state index in [-0.39, 0.29) is 0 Å². The van der Waals surface area contributed by atoms with Crippen molar-refractivity contribution < 1.29 is 14.6 Å². The summed E-state index contributed by atoms with van der Waals surface area (Å²) in [7, 11) is 0. The van der Waals surface area contributed by atoms with Crippen LogP contribution < -0.4 is 10.1 Å². The van der Waals surface area contributed by atoms with Crippen LogP contribution in [0, 0.1) is 0 Å². The molecule has 1 aromatic rings. The van der Waals surface area contributed by atoms with E-state index in [0.717, 1.165) is 12.0 Å². The van der Waals surface area contributed by atoms with Crippen molar-refractivity contribution in [1.29, 1.82) is 0 Å². The molecule has 0 aliphatic carbocycles. The van der Waals surface area contributed by atoms with E-state index in [4.69, 9.17) is 4.74 Å². The second-order valence-corrected chi connectivity index (χ2v) is 5.67. The van der Waals surface area contributed by atoms with E-state index in [1.165, 1.54) is 0 Å². The van der Waals surface area contributed by atoms with Crippen molar-refractivity contribution in [2.45, 2.75) is 44.8 Å². The lowest BCUT2D eigenvalue weighted by Crippen LogP contribution is -2.57. The van der Waals surface area contributed by atoms with Crippen molar-refractivity contribution in [1.82, 2.24) is 5.32 Å². The molecular formula is C15H21NO3. The zero-order valence-corrected chi connectivity index (χ0v) is 11.7. The number of ether oxygens (including phenoxy) is 1. The molecular weight excluding hydrogens is 242 g/mol. The predicted molar refractivity (Wildman–Crippen MR) is 73.4 cm³/mol. The maximum Gasteiger partial charge on any atom is 0.328 e. The minimum Gasteiger partial charge on any atom is -0.487 e. The fourth-order valence-corrected chi connectivity index (χ4v) is 2.74.